The van der Waals surface area contributed by atoms with Crippen molar-refractivity contribution in [2.24, 2.45) is 5.73 Å². The fraction of sp³-hybridized carbons (Fsp3) is 0.250. The Kier molecular flexibility index (Phi) is 4.51. The smallest absolute Gasteiger partial charge is 0.0724 e. The highest BCUT2D eigenvalue weighted by Gasteiger charge is 2.00. The van der Waals surface area contributed by atoms with Crippen molar-refractivity contribution in [1.82, 2.24) is 0 Å². The van der Waals surface area contributed by atoms with E-state index >= 15 is 0 Å². The van der Waals surface area contributed by atoms with Crippen LogP contribution in [-0.2, 0) is 24.5 Å². The van der Waals surface area contributed by atoms with Crippen LogP contribution in [0.5, 0.6) is 0 Å². The molecule has 0 aliphatic rings. The van der Waals surface area contributed by atoms with Gasteiger partial charge in [-0.25, -0.2) is 0 Å². The molecular formula is C16H19NO. The van der Waals surface area contributed by atoms with Crippen LogP contribution < -0.4 is 5.73 Å². The molecule has 2 heteroatoms. The summed E-state index contributed by atoms with van der Waals surface area (Å²) in [6.45, 7) is 3.98. The van der Waals surface area contributed by atoms with E-state index in [2.05, 4.69) is 37.3 Å². The summed E-state index contributed by atoms with van der Waals surface area (Å²) in [4.78, 5) is 0. The zero-order valence-corrected chi connectivity index (χ0v) is 10.7. The molecule has 0 radical (unpaired) electrons. The third kappa shape index (κ3) is 3.42. The number of ether oxygens (including phenoxy) is 1. The van der Waals surface area contributed by atoms with E-state index in [-0.39, 0.29) is 0 Å². The highest BCUT2D eigenvalue weighted by molar-refractivity contribution is 5.30. The first kappa shape index (κ1) is 12.8. The Morgan fingerprint density at radius 3 is 2.39 bits per heavy atom. The highest BCUT2D eigenvalue weighted by atomic mass is 16.5. The summed E-state index contributed by atoms with van der Waals surface area (Å²) in [6.07, 6.45) is 0. The topological polar surface area (TPSA) is 35.2 Å². The number of benzene rings is 2. The van der Waals surface area contributed by atoms with E-state index in [0.717, 1.165) is 0 Å². The predicted molar refractivity (Wildman–Crippen MR) is 74.0 cm³/mol. The molecule has 2 N–H and O–H groups in total. The molecule has 94 valence electrons. The van der Waals surface area contributed by atoms with E-state index < -0.39 is 0 Å². The number of nitrogens with two attached hydrogens (primary N) is 1. The second-order valence-corrected chi connectivity index (χ2v) is 4.44. The van der Waals surface area contributed by atoms with Gasteiger partial charge >= 0.3 is 0 Å². The van der Waals surface area contributed by atoms with Gasteiger partial charge in [0.15, 0.2) is 0 Å². The minimum atomic E-state index is 0.589. The maximum Gasteiger partial charge on any atom is 0.0724 e. The van der Waals surface area contributed by atoms with Crippen LogP contribution in [0.25, 0.3) is 0 Å². The standard InChI is InChI=1S/C16H19NO/c1-13-9-15(10-17)7-8-16(13)12-18-11-14-5-3-2-4-6-14/h2-9H,10-12,17H2,1H3. The maximum absolute atomic E-state index is 5.73. The quantitative estimate of drug-likeness (QED) is 0.872. The van der Waals surface area contributed by atoms with E-state index in [1.54, 1.807) is 0 Å². The van der Waals surface area contributed by atoms with Crippen molar-refractivity contribution in [3.05, 3.63) is 70.8 Å². The molecule has 2 aromatic rings. The highest BCUT2D eigenvalue weighted by Crippen LogP contribution is 2.13. The van der Waals surface area contributed by atoms with Crippen LogP contribution in [0.1, 0.15) is 22.3 Å². The van der Waals surface area contributed by atoms with Gasteiger partial charge in [-0.1, -0.05) is 48.5 Å². The van der Waals surface area contributed by atoms with Crippen molar-refractivity contribution in [3.8, 4) is 0 Å². The number of hydrogen-bond acceptors (Lipinski definition) is 2. The second-order valence-electron chi connectivity index (χ2n) is 4.44. The Labute approximate surface area is 108 Å². The van der Waals surface area contributed by atoms with Crippen LogP contribution in [0.2, 0.25) is 0 Å². The van der Waals surface area contributed by atoms with Crippen LogP contribution >= 0.6 is 0 Å². The van der Waals surface area contributed by atoms with Crippen LogP contribution in [0, 0.1) is 6.92 Å². The maximum atomic E-state index is 5.73. The van der Waals surface area contributed by atoms with Crippen molar-refractivity contribution in [1.29, 1.82) is 0 Å². The van der Waals surface area contributed by atoms with E-state index in [4.69, 9.17) is 10.5 Å². The SMILES string of the molecule is Cc1cc(CN)ccc1COCc1ccccc1. The number of aryl methyl sites for hydroxylation is 1. The van der Waals surface area contributed by atoms with Crippen molar-refractivity contribution in [3.63, 3.8) is 0 Å². The van der Waals surface area contributed by atoms with E-state index in [0.29, 0.717) is 19.8 Å². The summed E-state index contributed by atoms with van der Waals surface area (Å²) in [7, 11) is 0. The molecule has 0 aromatic heterocycles. The lowest BCUT2D eigenvalue weighted by Crippen LogP contribution is -2.00. The molecular weight excluding hydrogens is 222 g/mol. The fourth-order valence-corrected chi connectivity index (χ4v) is 1.90. The molecule has 0 bridgehead atoms. The fourth-order valence-electron chi connectivity index (χ4n) is 1.90. The molecule has 0 spiro atoms. The summed E-state index contributed by atoms with van der Waals surface area (Å²) >= 11 is 0. The van der Waals surface area contributed by atoms with Gasteiger partial charge in [-0.2, -0.15) is 0 Å². The van der Waals surface area contributed by atoms with Crippen molar-refractivity contribution >= 4 is 0 Å². The van der Waals surface area contributed by atoms with Gasteiger partial charge in [0.1, 0.15) is 0 Å². The van der Waals surface area contributed by atoms with E-state index in [1.807, 2.05) is 18.2 Å². The third-order valence-corrected chi connectivity index (χ3v) is 3.01. The molecule has 0 unspecified atom stereocenters. The Morgan fingerprint density at radius 1 is 0.944 bits per heavy atom. The van der Waals surface area contributed by atoms with Gasteiger partial charge in [-0.3, -0.25) is 0 Å². The first-order chi connectivity index (χ1) is 8.79. The molecule has 18 heavy (non-hydrogen) atoms. The lowest BCUT2D eigenvalue weighted by atomic mass is 10.1. The Balaban J connectivity index is 1.91. The molecule has 0 saturated heterocycles. The van der Waals surface area contributed by atoms with Gasteiger partial charge < -0.3 is 10.5 Å². The molecule has 0 fully saturated rings. The summed E-state index contributed by atoms with van der Waals surface area (Å²) in [6, 6.07) is 16.5. The lowest BCUT2D eigenvalue weighted by Gasteiger charge is -2.09. The Bertz CT molecular complexity index is 494. The molecule has 0 amide bonds. The molecule has 0 aliphatic carbocycles. The average molecular weight is 241 g/mol. The first-order valence-corrected chi connectivity index (χ1v) is 6.19. The number of hydrogen-bond donors (Lipinski definition) is 1. The average Bonchev–Trinajstić information content (AvgIpc) is 2.42. The van der Waals surface area contributed by atoms with Gasteiger partial charge in [-0.15, -0.1) is 0 Å². The van der Waals surface area contributed by atoms with Crippen LogP contribution in [0.3, 0.4) is 0 Å². The molecule has 0 saturated carbocycles. The van der Waals surface area contributed by atoms with Crippen molar-refractivity contribution in [2.45, 2.75) is 26.7 Å². The molecule has 2 aromatic carbocycles. The van der Waals surface area contributed by atoms with Crippen LogP contribution in [-0.4, -0.2) is 0 Å². The summed E-state index contributed by atoms with van der Waals surface area (Å²) in [5, 5.41) is 0. The van der Waals surface area contributed by atoms with Crippen molar-refractivity contribution in [2.75, 3.05) is 0 Å². The zero-order valence-electron chi connectivity index (χ0n) is 10.7. The van der Waals surface area contributed by atoms with Gasteiger partial charge in [0.2, 0.25) is 0 Å². The monoisotopic (exact) mass is 241 g/mol. The van der Waals surface area contributed by atoms with Gasteiger partial charge in [0, 0.05) is 6.54 Å². The normalized spacial score (nSPS) is 10.6. The minimum absolute atomic E-state index is 0.589. The van der Waals surface area contributed by atoms with Gasteiger partial charge in [0.25, 0.3) is 0 Å². The van der Waals surface area contributed by atoms with Crippen molar-refractivity contribution < 1.29 is 4.74 Å². The second kappa shape index (κ2) is 6.34. The molecule has 0 aliphatic heterocycles. The Hall–Kier alpha value is -1.64. The summed E-state index contributed by atoms with van der Waals surface area (Å²) in [5.74, 6) is 0. The largest absolute Gasteiger partial charge is 0.372 e. The van der Waals surface area contributed by atoms with Crippen LogP contribution in [0.15, 0.2) is 48.5 Å². The summed E-state index contributed by atoms with van der Waals surface area (Å²) < 4.78 is 5.73. The summed E-state index contributed by atoms with van der Waals surface area (Å²) in [5.41, 5.74) is 10.4. The van der Waals surface area contributed by atoms with E-state index in [9.17, 15) is 0 Å². The molecule has 2 nitrogen and oxygen atoms in total. The molecule has 0 heterocycles. The van der Waals surface area contributed by atoms with E-state index in [1.165, 1.54) is 22.3 Å². The third-order valence-electron chi connectivity index (χ3n) is 3.01. The Morgan fingerprint density at radius 2 is 1.72 bits per heavy atom. The number of rotatable bonds is 5. The van der Waals surface area contributed by atoms with Gasteiger partial charge in [0.05, 0.1) is 13.2 Å². The minimum Gasteiger partial charge on any atom is -0.372 e. The first-order valence-electron chi connectivity index (χ1n) is 6.19. The van der Waals surface area contributed by atoms with Crippen LogP contribution in [0.4, 0.5) is 0 Å². The molecule has 0 atom stereocenters. The zero-order chi connectivity index (χ0) is 12.8. The predicted octanol–water partition coefficient (Wildman–Crippen LogP) is 3.17. The molecule has 2 rings (SSSR count). The lowest BCUT2D eigenvalue weighted by molar-refractivity contribution is 0.107. The van der Waals surface area contributed by atoms with Gasteiger partial charge in [-0.05, 0) is 29.2 Å².